The second kappa shape index (κ2) is 5.65. The van der Waals surface area contributed by atoms with Crippen molar-refractivity contribution in [2.75, 3.05) is 0 Å². The van der Waals surface area contributed by atoms with Gasteiger partial charge in [0.15, 0.2) is 0 Å². The zero-order valence-electron chi connectivity index (χ0n) is 12.4. The summed E-state index contributed by atoms with van der Waals surface area (Å²) in [5.74, 6) is -0.978. The molecule has 24 heavy (non-hydrogen) atoms. The molecule has 5 nitrogen and oxygen atoms in total. The number of nitrogens with one attached hydrogen (secondary N) is 2. The van der Waals surface area contributed by atoms with Crippen molar-refractivity contribution in [3.8, 4) is 0 Å². The van der Waals surface area contributed by atoms with Crippen molar-refractivity contribution in [2.24, 2.45) is 0 Å². The maximum atomic E-state index is 11.9. The molecule has 4 rings (SSSR count). The average molecular weight is 382 g/mol. The van der Waals surface area contributed by atoms with Gasteiger partial charge in [-0.15, -0.1) is 0 Å². The summed E-state index contributed by atoms with van der Waals surface area (Å²) in [6, 6.07) is 9.48. The number of benzene rings is 1. The lowest BCUT2D eigenvalue weighted by Crippen LogP contribution is -1.99. The van der Waals surface area contributed by atoms with Crippen LogP contribution in [-0.2, 0) is 4.79 Å². The van der Waals surface area contributed by atoms with E-state index in [2.05, 4.69) is 30.9 Å². The molecule has 3 N–H and O–H groups in total. The van der Waals surface area contributed by atoms with E-state index < -0.39 is 5.97 Å². The Hall–Kier alpha value is -2.86. The number of aromatic nitrogens is 3. The Balaban J connectivity index is 1.94. The fourth-order valence-electron chi connectivity index (χ4n) is 2.82. The Morgan fingerprint density at radius 3 is 2.88 bits per heavy atom. The third-order valence-corrected chi connectivity index (χ3v) is 4.44. The molecular formula is C18H12BrN3O2. The molecule has 6 heteroatoms. The number of carbonyl (C=O) groups is 1. The quantitative estimate of drug-likeness (QED) is 0.459. The Kier molecular flexibility index (Phi) is 3.46. The zero-order chi connectivity index (χ0) is 16.7. The van der Waals surface area contributed by atoms with Crippen molar-refractivity contribution < 1.29 is 9.90 Å². The van der Waals surface area contributed by atoms with Gasteiger partial charge < -0.3 is 15.1 Å². The number of rotatable bonds is 3. The Morgan fingerprint density at radius 1 is 1.17 bits per heavy atom. The van der Waals surface area contributed by atoms with Crippen LogP contribution >= 0.6 is 15.9 Å². The standard InChI is InChI=1S/C18H12BrN3O2/c19-11-3-4-16-13(7-11)15(9-21-16)14(18(23)24)6-10-8-22-17-12(10)2-1-5-20-17/h1-9,21H,(H,20,22)(H,23,24). The smallest absolute Gasteiger partial charge is 0.336 e. The number of halogens is 1. The van der Waals surface area contributed by atoms with Crippen molar-refractivity contribution in [3.63, 3.8) is 0 Å². The SMILES string of the molecule is O=C(O)C(=Cc1c[nH]c2ncccc12)c1c[nH]c2ccc(Br)cc12. The maximum Gasteiger partial charge on any atom is 0.336 e. The zero-order valence-corrected chi connectivity index (χ0v) is 14.0. The lowest BCUT2D eigenvalue weighted by atomic mass is 10.0. The monoisotopic (exact) mass is 381 g/mol. The molecule has 0 fully saturated rings. The van der Waals surface area contributed by atoms with Gasteiger partial charge in [-0.05, 0) is 36.4 Å². The molecule has 3 heterocycles. The van der Waals surface area contributed by atoms with Crippen LogP contribution in [0.2, 0.25) is 0 Å². The number of hydrogen-bond acceptors (Lipinski definition) is 2. The van der Waals surface area contributed by atoms with E-state index in [1.54, 1.807) is 24.7 Å². The van der Waals surface area contributed by atoms with Gasteiger partial charge in [-0.25, -0.2) is 9.78 Å². The summed E-state index contributed by atoms with van der Waals surface area (Å²) in [5, 5.41) is 11.5. The highest BCUT2D eigenvalue weighted by molar-refractivity contribution is 9.10. The molecule has 0 amide bonds. The summed E-state index contributed by atoms with van der Waals surface area (Å²) in [6.45, 7) is 0. The molecule has 0 aliphatic carbocycles. The number of fused-ring (bicyclic) bond motifs is 2. The van der Waals surface area contributed by atoms with Crippen LogP contribution in [0.15, 0.2) is 53.4 Å². The average Bonchev–Trinajstić information content (AvgIpc) is 3.16. The summed E-state index contributed by atoms with van der Waals surface area (Å²) in [6.07, 6.45) is 6.86. The molecule has 4 aromatic rings. The molecule has 3 aromatic heterocycles. The second-order valence-electron chi connectivity index (χ2n) is 5.40. The van der Waals surface area contributed by atoms with E-state index in [0.29, 0.717) is 5.56 Å². The molecule has 118 valence electrons. The first-order chi connectivity index (χ1) is 11.6. The van der Waals surface area contributed by atoms with E-state index in [0.717, 1.165) is 32.0 Å². The highest BCUT2D eigenvalue weighted by Crippen LogP contribution is 2.30. The lowest BCUT2D eigenvalue weighted by molar-refractivity contribution is -0.130. The van der Waals surface area contributed by atoms with E-state index >= 15 is 0 Å². The summed E-state index contributed by atoms with van der Waals surface area (Å²) in [5.41, 5.74) is 3.29. The Morgan fingerprint density at radius 2 is 2.04 bits per heavy atom. The first-order valence-electron chi connectivity index (χ1n) is 7.27. The third kappa shape index (κ3) is 2.41. The number of carboxylic acids is 1. The Labute approximate surface area is 145 Å². The van der Waals surface area contributed by atoms with Crippen molar-refractivity contribution in [3.05, 3.63) is 64.5 Å². The van der Waals surface area contributed by atoms with Crippen LogP contribution < -0.4 is 0 Å². The number of aromatic amines is 2. The minimum atomic E-state index is -0.978. The minimum absolute atomic E-state index is 0.226. The van der Waals surface area contributed by atoms with E-state index in [4.69, 9.17) is 0 Å². The highest BCUT2D eigenvalue weighted by atomic mass is 79.9. The van der Waals surface area contributed by atoms with Crippen LogP contribution in [-0.4, -0.2) is 26.0 Å². The number of carboxylic acid groups (broad SMARTS) is 1. The van der Waals surface area contributed by atoms with E-state index in [9.17, 15) is 9.90 Å². The second-order valence-corrected chi connectivity index (χ2v) is 6.31. The van der Waals surface area contributed by atoms with Gasteiger partial charge in [-0.2, -0.15) is 0 Å². The number of aliphatic carboxylic acids is 1. The van der Waals surface area contributed by atoms with Gasteiger partial charge in [0.2, 0.25) is 0 Å². The molecule has 0 unspecified atom stereocenters. The van der Waals surface area contributed by atoms with Gasteiger partial charge in [-0.1, -0.05) is 15.9 Å². The number of hydrogen-bond donors (Lipinski definition) is 3. The summed E-state index contributed by atoms with van der Waals surface area (Å²) < 4.78 is 0.900. The molecule has 0 aliphatic heterocycles. The fraction of sp³-hybridized carbons (Fsp3) is 0. The highest BCUT2D eigenvalue weighted by Gasteiger charge is 2.16. The molecule has 0 bridgehead atoms. The third-order valence-electron chi connectivity index (χ3n) is 3.95. The van der Waals surface area contributed by atoms with Gasteiger partial charge in [-0.3, -0.25) is 0 Å². The van der Waals surface area contributed by atoms with Crippen molar-refractivity contribution in [2.45, 2.75) is 0 Å². The van der Waals surface area contributed by atoms with E-state index in [1.807, 2.05) is 30.3 Å². The van der Waals surface area contributed by atoms with Gasteiger partial charge in [0.1, 0.15) is 5.65 Å². The molecule has 0 saturated carbocycles. The van der Waals surface area contributed by atoms with Gasteiger partial charge >= 0.3 is 5.97 Å². The predicted molar refractivity (Wildman–Crippen MR) is 97.6 cm³/mol. The molecule has 0 saturated heterocycles. The van der Waals surface area contributed by atoms with Gasteiger partial charge in [0.05, 0.1) is 5.57 Å². The summed E-state index contributed by atoms with van der Waals surface area (Å²) >= 11 is 3.44. The summed E-state index contributed by atoms with van der Waals surface area (Å²) in [7, 11) is 0. The normalized spacial score (nSPS) is 12.1. The van der Waals surface area contributed by atoms with Crippen molar-refractivity contribution >= 4 is 55.5 Å². The molecular weight excluding hydrogens is 370 g/mol. The summed E-state index contributed by atoms with van der Waals surface area (Å²) in [4.78, 5) is 22.3. The fourth-order valence-corrected chi connectivity index (χ4v) is 3.18. The number of H-pyrrole nitrogens is 2. The predicted octanol–water partition coefficient (Wildman–Crippen LogP) is 4.43. The lowest BCUT2D eigenvalue weighted by Gasteiger charge is -2.02. The molecule has 1 aromatic carbocycles. The largest absolute Gasteiger partial charge is 0.478 e. The minimum Gasteiger partial charge on any atom is -0.478 e. The molecule has 0 atom stereocenters. The van der Waals surface area contributed by atoms with Crippen LogP contribution in [0, 0.1) is 0 Å². The van der Waals surface area contributed by atoms with Crippen LogP contribution in [0.4, 0.5) is 0 Å². The van der Waals surface area contributed by atoms with Crippen LogP contribution in [0.3, 0.4) is 0 Å². The topological polar surface area (TPSA) is 81.8 Å². The first kappa shape index (κ1) is 14.7. The van der Waals surface area contributed by atoms with E-state index in [-0.39, 0.29) is 5.57 Å². The maximum absolute atomic E-state index is 11.9. The first-order valence-corrected chi connectivity index (χ1v) is 8.07. The molecule has 0 radical (unpaired) electrons. The molecule has 0 spiro atoms. The van der Waals surface area contributed by atoms with Gasteiger partial charge in [0, 0.05) is 50.5 Å². The number of nitrogens with zero attached hydrogens (tertiary/aromatic N) is 1. The van der Waals surface area contributed by atoms with Crippen LogP contribution in [0.5, 0.6) is 0 Å². The van der Waals surface area contributed by atoms with Crippen LogP contribution in [0.1, 0.15) is 11.1 Å². The van der Waals surface area contributed by atoms with Crippen molar-refractivity contribution in [1.82, 2.24) is 15.0 Å². The molecule has 0 aliphatic rings. The van der Waals surface area contributed by atoms with Gasteiger partial charge in [0.25, 0.3) is 0 Å². The number of pyridine rings is 1. The Bertz CT molecular complexity index is 1110. The van der Waals surface area contributed by atoms with E-state index in [1.165, 1.54) is 0 Å². The van der Waals surface area contributed by atoms with Crippen LogP contribution in [0.25, 0.3) is 33.6 Å². The van der Waals surface area contributed by atoms with Crippen molar-refractivity contribution in [1.29, 1.82) is 0 Å².